The third-order valence-electron chi connectivity index (χ3n) is 3.55. The summed E-state index contributed by atoms with van der Waals surface area (Å²) < 4.78 is 13.6. The molecular formula is C18H24I3NO4. The Kier molecular flexibility index (Phi) is 11.9. The Hall–Kier alpha value is 0.310. The van der Waals surface area contributed by atoms with Crippen LogP contribution in [0.25, 0.3) is 0 Å². The van der Waals surface area contributed by atoms with Crippen LogP contribution in [-0.2, 0) is 14.3 Å². The molecule has 1 rings (SSSR count). The maximum Gasteiger partial charge on any atom is 0.342 e. The van der Waals surface area contributed by atoms with Crippen molar-refractivity contribution in [1.29, 1.82) is 0 Å². The lowest BCUT2D eigenvalue weighted by Gasteiger charge is -2.19. The second kappa shape index (κ2) is 12.7. The van der Waals surface area contributed by atoms with Crippen LogP contribution in [0.3, 0.4) is 0 Å². The van der Waals surface area contributed by atoms with E-state index in [0.29, 0.717) is 27.8 Å². The second-order valence-electron chi connectivity index (χ2n) is 5.76. The van der Waals surface area contributed by atoms with Crippen LogP contribution in [-0.4, -0.2) is 24.8 Å². The fraction of sp³-hybridized carbons (Fsp3) is 0.556. The van der Waals surface area contributed by atoms with Gasteiger partial charge in [-0.05, 0) is 80.3 Å². The first-order chi connectivity index (χ1) is 12.3. The summed E-state index contributed by atoms with van der Waals surface area (Å²) in [5, 5.41) is 2.79. The van der Waals surface area contributed by atoms with E-state index < -0.39 is 12.3 Å². The zero-order valence-electron chi connectivity index (χ0n) is 15.2. The predicted octanol–water partition coefficient (Wildman–Crippen LogP) is 5.95. The number of hydrogen-bond acceptors (Lipinski definition) is 4. The van der Waals surface area contributed by atoms with Crippen LogP contribution < -0.4 is 5.32 Å². The fourth-order valence-corrected chi connectivity index (χ4v) is 6.31. The van der Waals surface area contributed by atoms with Gasteiger partial charge >= 0.3 is 5.97 Å². The lowest BCUT2D eigenvalue weighted by molar-refractivity contribution is -0.114. The molecule has 1 amide bonds. The molecule has 1 aromatic rings. The molecule has 1 N–H and O–H groups in total. The summed E-state index contributed by atoms with van der Waals surface area (Å²) >= 11 is 6.34. The Labute approximate surface area is 196 Å². The van der Waals surface area contributed by atoms with Gasteiger partial charge in [-0.2, -0.15) is 0 Å². The molecule has 0 saturated heterocycles. The molecule has 1 aromatic carbocycles. The van der Waals surface area contributed by atoms with Crippen LogP contribution in [0.5, 0.6) is 0 Å². The number of anilines is 1. The zero-order chi connectivity index (χ0) is 19.7. The third-order valence-corrected chi connectivity index (χ3v) is 6.33. The van der Waals surface area contributed by atoms with Gasteiger partial charge in [0.1, 0.15) is 0 Å². The van der Waals surface area contributed by atoms with E-state index in [1.165, 1.54) is 19.8 Å². The predicted molar refractivity (Wildman–Crippen MR) is 128 cm³/mol. The van der Waals surface area contributed by atoms with Gasteiger partial charge in [0.05, 0.1) is 21.4 Å². The van der Waals surface area contributed by atoms with Crippen molar-refractivity contribution in [3.8, 4) is 0 Å². The fourth-order valence-electron chi connectivity index (χ4n) is 2.23. The number of amides is 1. The van der Waals surface area contributed by atoms with Crippen molar-refractivity contribution in [2.24, 2.45) is 0 Å². The molecule has 0 aliphatic rings. The van der Waals surface area contributed by atoms with Crippen molar-refractivity contribution in [1.82, 2.24) is 0 Å². The van der Waals surface area contributed by atoms with Crippen molar-refractivity contribution in [3.05, 3.63) is 22.3 Å². The van der Waals surface area contributed by atoms with E-state index in [-0.39, 0.29) is 5.91 Å². The van der Waals surface area contributed by atoms with Crippen molar-refractivity contribution in [2.45, 2.75) is 59.2 Å². The number of carbonyl (C=O) groups excluding carboxylic acids is 2. The summed E-state index contributed by atoms with van der Waals surface area (Å²) in [5.74, 6) is -0.606. The van der Waals surface area contributed by atoms with Gasteiger partial charge in [-0.15, -0.1) is 0 Å². The van der Waals surface area contributed by atoms with Gasteiger partial charge in [0.25, 0.3) is 0 Å². The minimum atomic E-state index is -0.556. The maximum atomic E-state index is 12.7. The molecule has 0 bridgehead atoms. The molecule has 1 unspecified atom stereocenters. The third kappa shape index (κ3) is 7.74. The minimum absolute atomic E-state index is 0.178. The normalized spacial score (nSPS) is 11.9. The summed E-state index contributed by atoms with van der Waals surface area (Å²) in [7, 11) is 0. The lowest BCUT2D eigenvalue weighted by atomic mass is 10.2. The maximum absolute atomic E-state index is 12.7. The lowest BCUT2D eigenvalue weighted by Crippen LogP contribution is -2.23. The van der Waals surface area contributed by atoms with Gasteiger partial charge in [0, 0.05) is 20.5 Å². The van der Waals surface area contributed by atoms with E-state index >= 15 is 0 Å². The largest absolute Gasteiger partial charge is 0.432 e. The Bertz CT molecular complexity index is 637. The molecule has 0 radical (unpaired) electrons. The molecule has 0 heterocycles. The summed E-state index contributed by atoms with van der Waals surface area (Å²) in [6, 6.07) is 1.86. The van der Waals surface area contributed by atoms with E-state index in [0.717, 1.165) is 20.0 Å². The average Bonchev–Trinajstić information content (AvgIpc) is 2.57. The van der Waals surface area contributed by atoms with E-state index in [4.69, 9.17) is 9.47 Å². The standard InChI is InChI=1S/C18H24I3NO4/c1-4-6-7-8-9-25-14(5-2)26-18(24)15-12(19)10-13(20)17(16(15)21)22-11(3)23/h10,14H,4-9H2,1-3H3,(H,22,23). The molecule has 5 nitrogen and oxygen atoms in total. The molecule has 0 aliphatic heterocycles. The van der Waals surface area contributed by atoms with Crippen LogP contribution in [0.2, 0.25) is 0 Å². The first kappa shape index (κ1) is 24.3. The number of benzene rings is 1. The summed E-state index contributed by atoms with van der Waals surface area (Å²) in [6.45, 7) is 6.12. The molecule has 0 spiro atoms. The first-order valence-corrected chi connectivity index (χ1v) is 11.8. The molecule has 8 heteroatoms. The summed E-state index contributed by atoms with van der Waals surface area (Å²) in [6.07, 6.45) is 4.48. The van der Waals surface area contributed by atoms with Gasteiger partial charge in [0.2, 0.25) is 12.2 Å². The molecule has 26 heavy (non-hydrogen) atoms. The number of halogens is 3. The number of ether oxygens (including phenoxy) is 2. The molecular weight excluding hydrogens is 675 g/mol. The number of nitrogens with one attached hydrogen (secondary N) is 1. The van der Waals surface area contributed by atoms with Gasteiger partial charge in [0.15, 0.2) is 0 Å². The molecule has 0 aromatic heterocycles. The molecule has 1 atom stereocenters. The SMILES string of the molecule is CCCCCCOC(CC)OC(=O)c1c(I)cc(I)c(NC(C)=O)c1I. The Morgan fingerprint density at radius 1 is 1.12 bits per heavy atom. The minimum Gasteiger partial charge on any atom is -0.432 e. The Morgan fingerprint density at radius 2 is 1.81 bits per heavy atom. The van der Waals surface area contributed by atoms with Gasteiger partial charge in [-0.1, -0.05) is 33.1 Å². The number of carbonyl (C=O) groups is 2. The highest BCUT2D eigenvalue weighted by Crippen LogP contribution is 2.32. The Morgan fingerprint density at radius 3 is 2.38 bits per heavy atom. The quantitative estimate of drug-likeness (QED) is 0.142. The average molecular weight is 699 g/mol. The molecule has 146 valence electrons. The van der Waals surface area contributed by atoms with E-state index in [2.05, 4.69) is 80.0 Å². The van der Waals surface area contributed by atoms with E-state index in [1.807, 2.05) is 13.0 Å². The van der Waals surface area contributed by atoms with Crippen LogP contribution >= 0.6 is 67.8 Å². The van der Waals surface area contributed by atoms with Gasteiger partial charge in [-0.25, -0.2) is 4.79 Å². The summed E-state index contributed by atoms with van der Waals surface area (Å²) in [4.78, 5) is 24.2. The van der Waals surface area contributed by atoms with Crippen LogP contribution in [0.15, 0.2) is 6.07 Å². The summed E-state index contributed by atoms with van der Waals surface area (Å²) in [5.41, 5.74) is 1.10. The van der Waals surface area contributed by atoms with E-state index in [9.17, 15) is 9.59 Å². The van der Waals surface area contributed by atoms with E-state index in [1.54, 1.807) is 0 Å². The highest BCUT2D eigenvalue weighted by molar-refractivity contribution is 14.1. The molecule has 0 saturated carbocycles. The van der Waals surface area contributed by atoms with Crippen LogP contribution in [0, 0.1) is 10.7 Å². The molecule has 0 aliphatic carbocycles. The zero-order valence-corrected chi connectivity index (χ0v) is 21.6. The first-order valence-electron chi connectivity index (χ1n) is 8.59. The van der Waals surface area contributed by atoms with Crippen molar-refractivity contribution in [2.75, 3.05) is 11.9 Å². The van der Waals surface area contributed by atoms with Crippen LogP contribution in [0.1, 0.15) is 63.2 Å². The topological polar surface area (TPSA) is 64.6 Å². The Balaban J connectivity index is 2.86. The highest BCUT2D eigenvalue weighted by atomic mass is 127. The molecule has 0 fully saturated rings. The number of unbranched alkanes of at least 4 members (excludes halogenated alkanes) is 3. The number of rotatable bonds is 10. The van der Waals surface area contributed by atoms with Crippen LogP contribution in [0.4, 0.5) is 5.69 Å². The van der Waals surface area contributed by atoms with Gasteiger partial charge < -0.3 is 14.8 Å². The van der Waals surface area contributed by atoms with Crippen molar-refractivity contribution >= 4 is 85.3 Å². The number of esters is 1. The van der Waals surface area contributed by atoms with Gasteiger partial charge in [-0.3, -0.25) is 4.79 Å². The highest BCUT2D eigenvalue weighted by Gasteiger charge is 2.24. The van der Waals surface area contributed by atoms with Crippen molar-refractivity contribution < 1.29 is 19.1 Å². The second-order valence-corrected chi connectivity index (χ2v) is 9.16. The smallest absolute Gasteiger partial charge is 0.342 e. The number of hydrogen-bond donors (Lipinski definition) is 1. The van der Waals surface area contributed by atoms with Crippen molar-refractivity contribution in [3.63, 3.8) is 0 Å². The monoisotopic (exact) mass is 699 g/mol.